The molecule has 2 aromatic rings. The normalized spacial score (nSPS) is 33.3. The van der Waals surface area contributed by atoms with E-state index in [1.165, 1.54) is 6.21 Å². The number of hydrazone groups is 1. The predicted molar refractivity (Wildman–Crippen MR) is 110 cm³/mol. The fourth-order valence-electron chi connectivity index (χ4n) is 5.61. The fraction of sp³-hybridized carbons (Fsp3) is 0.348. The molecule has 4 aliphatic carbocycles. The number of allylic oxidation sites excluding steroid dienone is 2. The molecule has 2 heterocycles. The molecule has 5 aliphatic rings. The van der Waals surface area contributed by atoms with Gasteiger partial charge in [0, 0.05) is 5.02 Å². The zero-order chi connectivity index (χ0) is 20.6. The number of methoxy groups -OCH3 is 1. The third-order valence-electron chi connectivity index (χ3n) is 6.99. The van der Waals surface area contributed by atoms with E-state index in [0.29, 0.717) is 39.7 Å². The number of halogens is 1. The largest absolute Gasteiger partial charge is 0.496 e. The standard InChI is InChI=1S/C23H19ClN2O4/c1-29-18-6-2-11(24)8-17(18)19-7-3-12(30-19)10-25-26-22(27)20-13-4-5-14(16-9-15(13)16)21(20)23(26)28/h2-8,10,13-16,20-21H,9H2,1H3/b25-10-/t13-,14+,15-,16-,20+,21-/m1/s1. The first kappa shape index (κ1) is 18.0. The first-order valence-corrected chi connectivity index (χ1v) is 10.5. The number of nitrogens with zero attached hydrogens (tertiary/aromatic N) is 2. The number of amides is 2. The van der Waals surface area contributed by atoms with E-state index in [4.69, 9.17) is 20.8 Å². The Morgan fingerprint density at radius 1 is 1.10 bits per heavy atom. The second-order valence-corrected chi connectivity index (χ2v) is 8.87. The van der Waals surface area contributed by atoms with Gasteiger partial charge in [-0.05, 0) is 60.4 Å². The van der Waals surface area contributed by atoms with Crippen LogP contribution < -0.4 is 4.74 Å². The SMILES string of the molecule is COc1ccc(Cl)cc1-c1ccc(/C=N\N2C(=O)[C@@H]3[C@H]4C=C[C@H]([C@H]5C[C@H]45)[C@@H]3C2=O)o1. The van der Waals surface area contributed by atoms with Gasteiger partial charge in [-0.25, -0.2) is 0 Å². The van der Waals surface area contributed by atoms with Crippen LogP contribution in [0, 0.1) is 35.5 Å². The zero-order valence-electron chi connectivity index (χ0n) is 16.2. The van der Waals surface area contributed by atoms with E-state index in [0.717, 1.165) is 11.4 Å². The molecule has 6 nitrogen and oxygen atoms in total. The number of ether oxygens (including phenoxy) is 1. The average Bonchev–Trinajstić information content (AvgIpc) is 3.39. The van der Waals surface area contributed by atoms with E-state index < -0.39 is 0 Å². The van der Waals surface area contributed by atoms with Gasteiger partial charge < -0.3 is 9.15 Å². The van der Waals surface area contributed by atoms with Crippen LogP contribution in [0.4, 0.5) is 0 Å². The lowest BCUT2D eigenvalue weighted by molar-refractivity contribution is -0.140. The Morgan fingerprint density at radius 2 is 1.80 bits per heavy atom. The van der Waals surface area contributed by atoms with Gasteiger partial charge in [0.15, 0.2) is 0 Å². The lowest BCUT2D eigenvalue weighted by Gasteiger charge is -2.37. The lowest BCUT2D eigenvalue weighted by atomic mass is 9.63. The molecule has 7 rings (SSSR count). The molecule has 2 saturated carbocycles. The third-order valence-corrected chi connectivity index (χ3v) is 7.23. The molecule has 1 aromatic heterocycles. The van der Waals surface area contributed by atoms with Crippen LogP contribution in [-0.2, 0) is 9.59 Å². The van der Waals surface area contributed by atoms with Gasteiger partial charge >= 0.3 is 0 Å². The minimum atomic E-state index is -0.253. The van der Waals surface area contributed by atoms with Gasteiger partial charge in [-0.15, -0.1) is 0 Å². The number of carbonyl (C=O) groups excluding carboxylic acids is 2. The Kier molecular flexibility index (Phi) is 3.78. The van der Waals surface area contributed by atoms with E-state index in [1.54, 1.807) is 37.4 Å². The number of furan rings is 1. The molecule has 2 amide bonds. The summed E-state index contributed by atoms with van der Waals surface area (Å²) in [7, 11) is 1.58. The summed E-state index contributed by atoms with van der Waals surface area (Å²) < 4.78 is 11.2. The molecule has 7 heteroatoms. The van der Waals surface area contributed by atoms with Crippen molar-refractivity contribution >= 4 is 29.6 Å². The van der Waals surface area contributed by atoms with Crippen LogP contribution >= 0.6 is 11.6 Å². The second kappa shape index (κ2) is 6.32. The third kappa shape index (κ3) is 2.46. The molecule has 6 atom stereocenters. The number of carbonyl (C=O) groups is 2. The molecule has 0 unspecified atom stereocenters. The van der Waals surface area contributed by atoms with Crippen LogP contribution in [0.5, 0.6) is 5.75 Å². The molecular weight excluding hydrogens is 404 g/mol. The Bertz CT molecular complexity index is 1100. The molecule has 1 aromatic carbocycles. The first-order valence-electron chi connectivity index (χ1n) is 10.1. The van der Waals surface area contributed by atoms with Gasteiger partial charge in [-0.3, -0.25) is 9.59 Å². The summed E-state index contributed by atoms with van der Waals surface area (Å²) >= 11 is 6.10. The second-order valence-electron chi connectivity index (χ2n) is 8.43. The number of benzene rings is 1. The van der Waals surface area contributed by atoms with Gasteiger partial charge in [-0.1, -0.05) is 23.8 Å². The van der Waals surface area contributed by atoms with Gasteiger partial charge in [0.2, 0.25) is 0 Å². The Hall–Kier alpha value is -2.86. The monoisotopic (exact) mass is 422 g/mol. The maximum atomic E-state index is 13.0. The molecule has 152 valence electrons. The smallest absolute Gasteiger partial charge is 0.254 e. The molecule has 30 heavy (non-hydrogen) atoms. The number of imide groups is 1. The molecule has 1 aliphatic heterocycles. The summed E-state index contributed by atoms with van der Waals surface area (Å²) in [6.07, 6.45) is 6.86. The summed E-state index contributed by atoms with van der Waals surface area (Å²) in [4.78, 5) is 25.9. The summed E-state index contributed by atoms with van der Waals surface area (Å²) in [5, 5.41) is 5.83. The van der Waals surface area contributed by atoms with Crippen LogP contribution in [0.15, 0.2) is 52.0 Å². The van der Waals surface area contributed by atoms with Gasteiger partial charge in [0.25, 0.3) is 11.8 Å². The van der Waals surface area contributed by atoms with Crippen molar-refractivity contribution in [3.05, 3.63) is 53.3 Å². The van der Waals surface area contributed by atoms with Crippen LogP contribution in [-0.4, -0.2) is 30.1 Å². The van der Waals surface area contributed by atoms with E-state index in [9.17, 15) is 9.59 Å². The topological polar surface area (TPSA) is 72.1 Å². The van der Waals surface area contributed by atoms with Gasteiger partial charge in [-0.2, -0.15) is 10.1 Å². The van der Waals surface area contributed by atoms with Gasteiger partial charge in [0.1, 0.15) is 17.3 Å². The molecular formula is C23H19ClN2O4. The fourth-order valence-corrected chi connectivity index (χ4v) is 5.78. The number of hydrogen-bond donors (Lipinski definition) is 0. The summed E-state index contributed by atoms with van der Waals surface area (Å²) in [6, 6.07) is 8.78. The maximum Gasteiger partial charge on any atom is 0.254 e. The molecule has 0 N–H and O–H groups in total. The van der Waals surface area contributed by atoms with E-state index in [1.807, 2.05) is 0 Å². The van der Waals surface area contributed by atoms with Crippen molar-refractivity contribution in [2.24, 2.45) is 40.6 Å². The molecule has 0 spiro atoms. The van der Waals surface area contributed by atoms with Crippen molar-refractivity contribution in [3.8, 4) is 17.1 Å². The van der Waals surface area contributed by atoms with E-state index in [-0.39, 0.29) is 35.5 Å². The lowest BCUT2D eigenvalue weighted by Crippen LogP contribution is -2.40. The van der Waals surface area contributed by atoms with Crippen LogP contribution in [0.3, 0.4) is 0 Å². The average molecular weight is 423 g/mol. The van der Waals surface area contributed by atoms with Crippen molar-refractivity contribution < 1.29 is 18.7 Å². The minimum Gasteiger partial charge on any atom is -0.496 e. The van der Waals surface area contributed by atoms with Crippen molar-refractivity contribution in [2.45, 2.75) is 6.42 Å². The summed E-state index contributed by atoms with van der Waals surface area (Å²) in [5.74, 6) is 2.27. The Balaban J connectivity index is 1.26. The Labute approximate surface area is 178 Å². The quantitative estimate of drug-likeness (QED) is 0.424. The number of rotatable bonds is 4. The van der Waals surface area contributed by atoms with Crippen LogP contribution in [0.2, 0.25) is 5.02 Å². The minimum absolute atomic E-state index is 0.186. The molecule has 1 saturated heterocycles. The predicted octanol–water partition coefficient (Wildman–Crippen LogP) is 4.00. The van der Waals surface area contributed by atoms with E-state index >= 15 is 0 Å². The highest BCUT2D eigenvalue weighted by atomic mass is 35.5. The van der Waals surface area contributed by atoms with Crippen molar-refractivity contribution in [2.75, 3.05) is 7.11 Å². The van der Waals surface area contributed by atoms with Gasteiger partial charge in [0.05, 0.1) is 30.7 Å². The van der Waals surface area contributed by atoms with Crippen LogP contribution in [0.1, 0.15) is 12.2 Å². The van der Waals surface area contributed by atoms with Crippen molar-refractivity contribution in [1.82, 2.24) is 5.01 Å². The summed E-state index contributed by atoms with van der Waals surface area (Å²) in [6.45, 7) is 0. The number of hydrogen-bond acceptors (Lipinski definition) is 5. The highest BCUT2D eigenvalue weighted by molar-refractivity contribution is 6.31. The van der Waals surface area contributed by atoms with Crippen molar-refractivity contribution in [3.63, 3.8) is 0 Å². The maximum absolute atomic E-state index is 13.0. The first-order chi connectivity index (χ1) is 14.6. The molecule has 3 fully saturated rings. The summed E-state index contributed by atoms with van der Waals surface area (Å²) in [5.41, 5.74) is 0.714. The highest BCUT2D eigenvalue weighted by Gasteiger charge is 2.67. The molecule has 0 radical (unpaired) electrons. The van der Waals surface area contributed by atoms with Crippen LogP contribution in [0.25, 0.3) is 11.3 Å². The highest BCUT2D eigenvalue weighted by Crippen LogP contribution is 2.65. The van der Waals surface area contributed by atoms with E-state index in [2.05, 4.69) is 17.3 Å². The zero-order valence-corrected chi connectivity index (χ0v) is 17.0. The molecule has 2 bridgehead atoms. The van der Waals surface area contributed by atoms with Crippen molar-refractivity contribution in [1.29, 1.82) is 0 Å². The Morgan fingerprint density at radius 3 is 2.47 bits per heavy atom.